The van der Waals surface area contributed by atoms with E-state index in [0.29, 0.717) is 34.3 Å². The smallest absolute Gasteiger partial charge is 0.267 e. The van der Waals surface area contributed by atoms with E-state index < -0.39 is 23.6 Å². The highest BCUT2D eigenvalue weighted by Crippen LogP contribution is 2.15. The number of amides is 4. The van der Waals surface area contributed by atoms with Crippen LogP contribution in [0.15, 0.2) is 84.2 Å². The highest BCUT2D eigenvalue weighted by Gasteiger charge is 2.17. The summed E-state index contributed by atoms with van der Waals surface area (Å²) in [6.07, 6.45) is 4.52. The van der Waals surface area contributed by atoms with Crippen LogP contribution in [0.1, 0.15) is 58.5 Å². The zero-order chi connectivity index (χ0) is 30.5. The first kappa shape index (κ1) is 32.1. The molecule has 0 saturated carbocycles. The van der Waals surface area contributed by atoms with Gasteiger partial charge in [-0.05, 0) is 84.7 Å². The number of halogens is 2. The van der Waals surface area contributed by atoms with E-state index >= 15 is 0 Å². The first-order chi connectivity index (χ1) is 20.2. The van der Waals surface area contributed by atoms with Gasteiger partial charge in [-0.3, -0.25) is 19.2 Å². The van der Waals surface area contributed by atoms with Crippen LogP contribution in [0.25, 0.3) is 12.2 Å². The molecule has 42 heavy (non-hydrogen) atoms. The van der Waals surface area contributed by atoms with Crippen molar-refractivity contribution in [3.63, 3.8) is 0 Å². The average Bonchev–Trinajstić information content (AvgIpc) is 2.98. The van der Waals surface area contributed by atoms with Crippen molar-refractivity contribution in [2.24, 2.45) is 0 Å². The Labute approximate surface area is 255 Å². The summed E-state index contributed by atoms with van der Waals surface area (Å²) in [5.41, 5.74) is 1.82. The van der Waals surface area contributed by atoms with Crippen LogP contribution < -0.4 is 21.3 Å². The molecule has 218 valence electrons. The third-order valence-corrected chi connectivity index (χ3v) is 6.26. The second-order valence-corrected chi connectivity index (χ2v) is 10.1. The minimum absolute atomic E-state index is 0.0476. The van der Waals surface area contributed by atoms with Crippen molar-refractivity contribution in [2.75, 3.05) is 13.1 Å². The van der Waals surface area contributed by atoms with Gasteiger partial charge in [0.25, 0.3) is 23.6 Å². The lowest BCUT2D eigenvalue weighted by Gasteiger charge is -2.12. The van der Waals surface area contributed by atoms with Crippen LogP contribution in [0.2, 0.25) is 10.0 Å². The molecule has 8 nitrogen and oxygen atoms in total. The third kappa shape index (κ3) is 9.90. The fourth-order valence-corrected chi connectivity index (χ4v) is 4.07. The number of carbonyl (C=O) groups excluding carboxylic acids is 4. The molecule has 0 radical (unpaired) electrons. The van der Waals surface area contributed by atoms with E-state index in [1.165, 1.54) is 36.4 Å². The van der Waals surface area contributed by atoms with E-state index in [1.54, 1.807) is 48.5 Å². The Balaban J connectivity index is 1.78. The van der Waals surface area contributed by atoms with Crippen LogP contribution in [-0.2, 0) is 9.59 Å². The Hall–Kier alpha value is -4.40. The third-order valence-electron chi connectivity index (χ3n) is 5.79. The minimum atomic E-state index is -0.539. The van der Waals surface area contributed by atoms with E-state index in [9.17, 15) is 19.2 Å². The maximum atomic E-state index is 13.0. The molecule has 4 amide bonds. The SMILES string of the molecule is CCCNC(=O)/C(=C\c1cccc(Cl)c1)NC(=O)c1ccc(C(=O)N/C(=C/c2cccc(Cl)c2)C(=O)NCCC)cc1. The number of hydrogen-bond acceptors (Lipinski definition) is 4. The van der Waals surface area contributed by atoms with Gasteiger partial charge in [-0.15, -0.1) is 0 Å². The van der Waals surface area contributed by atoms with Crippen molar-refractivity contribution in [1.82, 2.24) is 21.3 Å². The molecule has 0 fully saturated rings. The van der Waals surface area contributed by atoms with Gasteiger partial charge in [0.2, 0.25) is 0 Å². The molecule has 4 N–H and O–H groups in total. The molecule has 0 aromatic heterocycles. The van der Waals surface area contributed by atoms with Crippen molar-refractivity contribution in [1.29, 1.82) is 0 Å². The zero-order valence-corrected chi connectivity index (χ0v) is 24.8. The molecule has 3 aromatic rings. The van der Waals surface area contributed by atoms with E-state index in [4.69, 9.17) is 23.2 Å². The predicted octanol–water partition coefficient (Wildman–Crippen LogP) is 5.59. The summed E-state index contributed by atoms with van der Waals surface area (Å²) in [7, 11) is 0. The van der Waals surface area contributed by atoms with Gasteiger partial charge < -0.3 is 21.3 Å². The minimum Gasteiger partial charge on any atom is -0.351 e. The number of carbonyl (C=O) groups is 4. The summed E-state index contributed by atoms with van der Waals surface area (Å²) in [5, 5.41) is 11.8. The van der Waals surface area contributed by atoms with Gasteiger partial charge in [-0.2, -0.15) is 0 Å². The van der Waals surface area contributed by atoms with Crippen LogP contribution in [0.3, 0.4) is 0 Å². The van der Waals surface area contributed by atoms with E-state index in [0.717, 1.165) is 12.8 Å². The molecule has 0 unspecified atom stereocenters. The molecule has 0 aliphatic carbocycles. The summed E-state index contributed by atoms with van der Waals surface area (Å²) in [4.78, 5) is 51.6. The van der Waals surface area contributed by atoms with E-state index in [2.05, 4.69) is 21.3 Å². The van der Waals surface area contributed by atoms with Gasteiger partial charge >= 0.3 is 0 Å². The van der Waals surface area contributed by atoms with E-state index in [-0.39, 0.29) is 22.5 Å². The fourth-order valence-electron chi connectivity index (χ4n) is 3.67. The first-order valence-electron chi connectivity index (χ1n) is 13.4. The largest absolute Gasteiger partial charge is 0.351 e. The van der Waals surface area contributed by atoms with Crippen molar-refractivity contribution >= 4 is 59.0 Å². The lowest BCUT2D eigenvalue weighted by molar-refractivity contribution is -0.118. The second kappa shape index (κ2) is 16.1. The number of benzene rings is 3. The van der Waals surface area contributed by atoms with Gasteiger partial charge in [0.05, 0.1) is 0 Å². The van der Waals surface area contributed by atoms with Crippen molar-refractivity contribution in [3.05, 3.63) is 116 Å². The zero-order valence-electron chi connectivity index (χ0n) is 23.3. The van der Waals surface area contributed by atoms with E-state index in [1.807, 2.05) is 13.8 Å². The normalized spacial score (nSPS) is 11.4. The molecule has 0 spiro atoms. The summed E-state index contributed by atoms with van der Waals surface area (Å²) in [6, 6.07) is 19.6. The quantitative estimate of drug-likeness (QED) is 0.201. The Morgan fingerprint density at radius 3 is 1.33 bits per heavy atom. The van der Waals surface area contributed by atoms with Crippen molar-refractivity contribution < 1.29 is 19.2 Å². The average molecular weight is 608 g/mol. The topological polar surface area (TPSA) is 116 Å². The number of nitrogens with one attached hydrogen (secondary N) is 4. The Bertz CT molecular complexity index is 1390. The molecule has 0 heterocycles. The van der Waals surface area contributed by atoms with Crippen LogP contribution in [0.4, 0.5) is 0 Å². The molecule has 0 aliphatic heterocycles. The molecule has 0 bridgehead atoms. The van der Waals surface area contributed by atoms with Gasteiger partial charge in [-0.25, -0.2) is 0 Å². The summed E-state index contributed by atoms with van der Waals surface area (Å²) >= 11 is 12.1. The van der Waals surface area contributed by atoms with Gasteiger partial charge in [0.1, 0.15) is 11.4 Å². The second-order valence-electron chi connectivity index (χ2n) is 9.22. The highest BCUT2D eigenvalue weighted by molar-refractivity contribution is 6.31. The standard InChI is InChI=1S/C32H32Cl2N4O4/c1-3-15-35-31(41)27(19-21-7-5-9-25(33)17-21)37-29(39)23-11-13-24(14-12-23)30(40)38-28(32(42)36-16-4-2)20-22-8-6-10-26(34)18-22/h5-14,17-20H,3-4,15-16H2,1-2H3,(H,35,41)(H,36,42)(H,37,39)(H,38,40)/b27-19+,28-20+. The van der Waals surface area contributed by atoms with Crippen LogP contribution in [0.5, 0.6) is 0 Å². The van der Waals surface area contributed by atoms with Gasteiger partial charge in [0.15, 0.2) is 0 Å². The molecule has 0 aliphatic rings. The Kier molecular flexibility index (Phi) is 12.3. The lowest BCUT2D eigenvalue weighted by Crippen LogP contribution is -2.35. The predicted molar refractivity (Wildman–Crippen MR) is 167 cm³/mol. The van der Waals surface area contributed by atoms with Crippen LogP contribution in [-0.4, -0.2) is 36.7 Å². The summed E-state index contributed by atoms with van der Waals surface area (Å²) < 4.78 is 0. The monoisotopic (exact) mass is 606 g/mol. The maximum Gasteiger partial charge on any atom is 0.267 e. The van der Waals surface area contributed by atoms with Crippen molar-refractivity contribution in [2.45, 2.75) is 26.7 Å². The number of rotatable bonds is 12. The van der Waals surface area contributed by atoms with Gasteiger partial charge in [0, 0.05) is 34.3 Å². The lowest BCUT2D eigenvalue weighted by atomic mass is 10.1. The molecule has 10 heteroatoms. The highest BCUT2D eigenvalue weighted by atomic mass is 35.5. The Morgan fingerprint density at radius 2 is 1.00 bits per heavy atom. The van der Waals surface area contributed by atoms with Crippen LogP contribution in [0, 0.1) is 0 Å². The number of hydrogen-bond donors (Lipinski definition) is 4. The summed E-state index contributed by atoms with van der Waals surface area (Å²) in [6.45, 7) is 4.72. The fraction of sp³-hybridized carbons (Fsp3) is 0.188. The van der Waals surface area contributed by atoms with Crippen LogP contribution >= 0.6 is 23.2 Å². The molecule has 3 aromatic carbocycles. The first-order valence-corrected chi connectivity index (χ1v) is 14.2. The molecular weight excluding hydrogens is 575 g/mol. The molecule has 0 saturated heterocycles. The molecule has 3 rings (SSSR count). The Morgan fingerprint density at radius 1 is 0.619 bits per heavy atom. The van der Waals surface area contributed by atoms with Crippen molar-refractivity contribution in [3.8, 4) is 0 Å². The maximum absolute atomic E-state index is 13.0. The van der Waals surface area contributed by atoms with Gasteiger partial charge in [-0.1, -0.05) is 61.3 Å². The molecular formula is C32H32Cl2N4O4. The summed E-state index contributed by atoms with van der Waals surface area (Å²) in [5.74, 6) is -1.96. The molecule has 0 atom stereocenters.